The molecule has 2 aromatic heterocycles. The topological polar surface area (TPSA) is 59.0 Å². The van der Waals surface area contributed by atoms with Gasteiger partial charge in [-0.2, -0.15) is 5.10 Å². The highest BCUT2D eigenvalue weighted by molar-refractivity contribution is 7.10. The van der Waals surface area contributed by atoms with E-state index in [-0.39, 0.29) is 12.1 Å². The van der Waals surface area contributed by atoms with Crippen LogP contribution >= 0.6 is 11.3 Å². The Bertz CT molecular complexity index is 577. The number of hydrogen-bond acceptors (Lipinski definition) is 3. The molecular weight excluding hydrogens is 284 g/mol. The van der Waals surface area contributed by atoms with E-state index in [1.807, 2.05) is 36.9 Å². The fourth-order valence-electron chi connectivity index (χ4n) is 2.24. The summed E-state index contributed by atoms with van der Waals surface area (Å²) < 4.78 is 1.99. The van der Waals surface area contributed by atoms with Gasteiger partial charge in [-0.3, -0.25) is 4.68 Å². The number of rotatable bonds is 6. The lowest BCUT2D eigenvalue weighted by Gasteiger charge is -2.19. The molecule has 114 valence electrons. The molecule has 0 aromatic carbocycles. The summed E-state index contributed by atoms with van der Waals surface area (Å²) in [4.78, 5) is 12.9. The number of carbonyl (C=O) groups is 1. The van der Waals surface area contributed by atoms with E-state index in [1.165, 1.54) is 4.88 Å². The highest BCUT2D eigenvalue weighted by Crippen LogP contribution is 2.23. The summed E-state index contributed by atoms with van der Waals surface area (Å²) in [5.41, 5.74) is 2.09. The maximum atomic E-state index is 11.7. The van der Waals surface area contributed by atoms with Gasteiger partial charge in [-0.25, -0.2) is 4.79 Å². The molecule has 0 radical (unpaired) electrons. The molecule has 0 saturated carbocycles. The number of nitrogens with zero attached hydrogens (tertiary/aromatic N) is 2. The summed E-state index contributed by atoms with van der Waals surface area (Å²) in [6.45, 7) is 7.27. The number of amides is 2. The molecule has 2 rings (SSSR count). The summed E-state index contributed by atoms with van der Waals surface area (Å²) in [7, 11) is 0. The maximum absolute atomic E-state index is 11.7. The van der Waals surface area contributed by atoms with Crippen molar-refractivity contribution in [3.63, 3.8) is 0 Å². The predicted molar refractivity (Wildman–Crippen MR) is 85.9 cm³/mol. The molecule has 0 spiro atoms. The fourth-order valence-corrected chi connectivity index (χ4v) is 3.05. The van der Waals surface area contributed by atoms with Crippen LogP contribution in [0.5, 0.6) is 0 Å². The van der Waals surface area contributed by atoms with Crippen molar-refractivity contribution in [1.29, 1.82) is 0 Å². The summed E-state index contributed by atoms with van der Waals surface area (Å²) in [6.07, 6.45) is 0.930. The number of hydrogen-bond donors (Lipinski definition) is 2. The molecule has 5 nitrogen and oxygen atoms in total. The number of carbonyl (C=O) groups excluding carboxylic acids is 1. The third kappa shape index (κ3) is 4.07. The van der Waals surface area contributed by atoms with Crippen molar-refractivity contribution in [1.82, 2.24) is 20.4 Å². The second kappa shape index (κ2) is 7.26. The second-order valence-corrected chi connectivity index (χ2v) is 6.02. The third-order valence-corrected chi connectivity index (χ3v) is 4.18. The van der Waals surface area contributed by atoms with Gasteiger partial charge in [0.2, 0.25) is 0 Å². The molecule has 0 aliphatic carbocycles. The van der Waals surface area contributed by atoms with Crippen LogP contribution in [0.15, 0.2) is 23.6 Å². The Hall–Kier alpha value is -1.82. The van der Waals surface area contributed by atoms with Gasteiger partial charge in [0.1, 0.15) is 6.04 Å². The van der Waals surface area contributed by atoms with Gasteiger partial charge < -0.3 is 10.6 Å². The smallest absolute Gasteiger partial charge is 0.314 e. The van der Waals surface area contributed by atoms with E-state index in [2.05, 4.69) is 27.9 Å². The van der Waals surface area contributed by atoms with Crippen LogP contribution in [-0.2, 0) is 0 Å². The van der Waals surface area contributed by atoms with Gasteiger partial charge in [0.25, 0.3) is 0 Å². The highest BCUT2D eigenvalue weighted by Gasteiger charge is 2.18. The first-order valence-electron chi connectivity index (χ1n) is 7.19. The fraction of sp³-hybridized carbons (Fsp3) is 0.467. The van der Waals surface area contributed by atoms with Crippen molar-refractivity contribution in [2.24, 2.45) is 0 Å². The van der Waals surface area contributed by atoms with Crippen LogP contribution in [-0.4, -0.2) is 28.9 Å². The number of nitrogens with one attached hydrogen (secondary N) is 2. The zero-order chi connectivity index (χ0) is 15.2. The van der Waals surface area contributed by atoms with Crippen molar-refractivity contribution in [3.8, 4) is 0 Å². The van der Waals surface area contributed by atoms with Crippen molar-refractivity contribution >= 4 is 17.4 Å². The first-order chi connectivity index (χ1) is 10.1. The Morgan fingerprint density at radius 2 is 2.24 bits per heavy atom. The molecule has 0 saturated heterocycles. The van der Waals surface area contributed by atoms with Gasteiger partial charge in [0.05, 0.1) is 5.69 Å². The molecule has 0 bridgehead atoms. The molecule has 2 aromatic rings. The molecule has 1 atom stereocenters. The Morgan fingerprint density at radius 1 is 1.43 bits per heavy atom. The summed E-state index contributed by atoms with van der Waals surface area (Å²) in [5.74, 6) is 0. The lowest BCUT2D eigenvalue weighted by molar-refractivity contribution is 0.239. The molecule has 0 aliphatic rings. The van der Waals surface area contributed by atoms with Crippen LogP contribution in [0.25, 0.3) is 0 Å². The van der Waals surface area contributed by atoms with Gasteiger partial charge >= 0.3 is 6.03 Å². The molecule has 2 amide bonds. The third-order valence-electron chi connectivity index (χ3n) is 3.20. The first-order valence-corrected chi connectivity index (χ1v) is 8.07. The van der Waals surface area contributed by atoms with E-state index in [1.54, 1.807) is 11.3 Å². The molecule has 6 heteroatoms. The van der Waals surface area contributed by atoms with Gasteiger partial charge in [-0.15, -0.1) is 11.3 Å². The zero-order valence-electron chi connectivity index (χ0n) is 12.7. The van der Waals surface area contributed by atoms with E-state index >= 15 is 0 Å². The van der Waals surface area contributed by atoms with Crippen molar-refractivity contribution in [2.75, 3.05) is 13.1 Å². The zero-order valence-corrected chi connectivity index (χ0v) is 13.5. The SMILES string of the molecule is CCCNC(=O)NCC(c1cccs1)n1nc(C)cc1C. The molecule has 2 N–H and O–H groups in total. The number of aromatic nitrogens is 2. The quantitative estimate of drug-likeness (QED) is 0.862. The van der Waals surface area contributed by atoms with Gasteiger partial charge in [0.15, 0.2) is 0 Å². The normalized spacial score (nSPS) is 12.1. The molecule has 1 unspecified atom stereocenters. The molecule has 0 aliphatic heterocycles. The highest BCUT2D eigenvalue weighted by atomic mass is 32.1. The minimum atomic E-state index is -0.125. The van der Waals surface area contributed by atoms with E-state index < -0.39 is 0 Å². The summed E-state index contributed by atoms with van der Waals surface area (Å²) in [6, 6.07) is 6.07. The Morgan fingerprint density at radius 3 is 2.81 bits per heavy atom. The summed E-state index contributed by atoms with van der Waals surface area (Å²) >= 11 is 1.68. The minimum Gasteiger partial charge on any atom is -0.338 e. The van der Waals surface area contributed by atoms with E-state index in [4.69, 9.17) is 0 Å². The minimum absolute atomic E-state index is 0.0334. The monoisotopic (exact) mass is 306 g/mol. The Balaban J connectivity index is 2.11. The summed E-state index contributed by atoms with van der Waals surface area (Å²) in [5, 5.41) is 12.4. The van der Waals surface area contributed by atoms with E-state index in [9.17, 15) is 4.79 Å². The van der Waals surface area contributed by atoms with Crippen LogP contribution in [0.2, 0.25) is 0 Å². The van der Waals surface area contributed by atoms with Crippen LogP contribution in [0.1, 0.15) is 35.7 Å². The van der Waals surface area contributed by atoms with Crippen LogP contribution in [0.4, 0.5) is 4.79 Å². The average molecular weight is 306 g/mol. The Labute approximate surface area is 129 Å². The second-order valence-electron chi connectivity index (χ2n) is 5.04. The van der Waals surface area contributed by atoms with Gasteiger partial charge in [-0.1, -0.05) is 13.0 Å². The molecule has 21 heavy (non-hydrogen) atoms. The average Bonchev–Trinajstić information content (AvgIpc) is 3.07. The van der Waals surface area contributed by atoms with Crippen LogP contribution in [0, 0.1) is 13.8 Å². The predicted octanol–water partition coefficient (Wildman–Crippen LogP) is 2.86. The molecule has 2 heterocycles. The van der Waals surface area contributed by atoms with Crippen LogP contribution in [0.3, 0.4) is 0 Å². The van der Waals surface area contributed by atoms with Crippen LogP contribution < -0.4 is 10.6 Å². The molecule has 0 fully saturated rings. The first kappa shape index (κ1) is 15.6. The van der Waals surface area contributed by atoms with Gasteiger partial charge in [-0.05, 0) is 37.8 Å². The lowest BCUT2D eigenvalue weighted by Crippen LogP contribution is -2.39. The lowest BCUT2D eigenvalue weighted by atomic mass is 10.2. The van der Waals surface area contributed by atoms with E-state index in [0.29, 0.717) is 13.1 Å². The maximum Gasteiger partial charge on any atom is 0.314 e. The number of thiophene rings is 1. The number of urea groups is 1. The van der Waals surface area contributed by atoms with Crippen molar-refractivity contribution < 1.29 is 4.79 Å². The Kier molecular flexibility index (Phi) is 5.38. The molecular formula is C15H22N4OS. The van der Waals surface area contributed by atoms with Gasteiger partial charge in [0, 0.05) is 23.7 Å². The number of aryl methyl sites for hydroxylation is 2. The van der Waals surface area contributed by atoms with E-state index in [0.717, 1.165) is 17.8 Å². The van der Waals surface area contributed by atoms with Crippen molar-refractivity contribution in [3.05, 3.63) is 39.8 Å². The van der Waals surface area contributed by atoms with Crippen molar-refractivity contribution in [2.45, 2.75) is 33.2 Å². The largest absolute Gasteiger partial charge is 0.338 e. The standard InChI is InChI=1S/C15H22N4OS/c1-4-7-16-15(20)17-10-13(14-6-5-8-21-14)19-12(3)9-11(2)18-19/h5-6,8-9,13H,4,7,10H2,1-3H3,(H2,16,17,20).